The number of esters is 3. The van der Waals surface area contributed by atoms with Crippen LogP contribution in [0.4, 0.5) is 0 Å². The zero-order chi connectivity index (χ0) is 16.7. The maximum Gasteiger partial charge on any atom is 0.347 e. The van der Waals surface area contributed by atoms with Crippen molar-refractivity contribution in [1.29, 1.82) is 0 Å². The second-order valence-corrected chi connectivity index (χ2v) is 6.97. The predicted octanol–water partition coefficient (Wildman–Crippen LogP) is 1.77. The zero-order valence-electron chi connectivity index (χ0n) is 13.4. The van der Waals surface area contributed by atoms with Crippen molar-refractivity contribution < 1.29 is 28.6 Å². The first kappa shape index (κ1) is 16.0. The quantitative estimate of drug-likeness (QED) is 0.446. The molecule has 0 aromatic carbocycles. The van der Waals surface area contributed by atoms with E-state index in [1.165, 1.54) is 13.8 Å². The number of rotatable bonds is 4. The van der Waals surface area contributed by atoms with E-state index in [0.717, 1.165) is 19.3 Å². The monoisotopic (exact) mass is 322 g/mol. The Bertz CT molecular complexity index is 553. The number of carbonyl (C=O) groups excluding carboxylic acids is 3. The van der Waals surface area contributed by atoms with Crippen molar-refractivity contribution >= 4 is 17.9 Å². The third kappa shape index (κ3) is 3.12. The van der Waals surface area contributed by atoms with Gasteiger partial charge in [0, 0.05) is 11.5 Å². The highest BCUT2D eigenvalue weighted by Crippen LogP contribution is 2.48. The van der Waals surface area contributed by atoms with E-state index in [0.29, 0.717) is 12.3 Å². The average Bonchev–Trinajstić information content (AvgIpc) is 2.64. The summed E-state index contributed by atoms with van der Waals surface area (Å²) in [4.78, 5) is 35.7. The van der Waals surface area contributed by atoms with Crippen LogP contribution in [0.1, 0.15) is 39.5 Å². The van der Waals surface area contributed by atoms with E-state index in [2.05, 4.69) is 6.58 Å². The molecule has 6 unspecified atom stereocenters. The maximum absolute atomic E-state index is 12.2. The lowest BCUT2D eigenvalue weighted by Gasteiger charge is -2.41. The molecule has 126 valence electrons. The molecule has 2 saturated heterocycles. The van der Waals surface area contributed by atoms with E-state index in [9.17, 15) is 14.4 Å². The Morgan fingerprint density at radius 3 is 2.70 bits per heavy atom. The van der Waals surface area contributed by atoms with Crippen molar-refractivity contribution in [1.82, 2.24) is 0 Å². The highest BCUT2D eigenvalue weighted by atomic mass is 16.6. The Labute approximate surface area is 135 Å². The van der Waals surface area contributed by atoms with Gasteiger partial charge in [-0.1, -0.05) is 6.58 Å². The zero-order valence-corrected chi connectivity index (χ0v) is 13.4. The summed E-state index contributed by atoms with van der Waals surface area (Å²) >= 11 is 0. The van der Waals surface area contributed by atoms with E-state index >= 15 is 0 Å². The average molecular weight is 322 g/mol. The summed E-state index contributed by atoms with van der Waals surface area (Å²) in [6.45, 7) is 6.47. The molecule has 4 fully saturated rings. The SMILES string of the molecule is C=C(C)C(=O)OC(C)C(=O)OC1C2CC3CC(C2)C(=O)OC1C3. The third-order valence-corrected chi connectivity index (χ3v) is 5.06. The standard InChI is InChI=1S/C17H22O6/c1-8(2)15(18)21-9(3)16(19)23-14-11-4-10-5-12(7-11)17(20)22-13(14)6-10/h9-14H,1,4-7H2,2-3H3. The van der Waals surface area contributed by atoms with E-state index in [4.69, 9.17) is 14.2 Å². The molecule has 2 aliphatic heterocycles. The van der Waals surface area contributed by atoms with Crippen LogP contribution in [-0.4, -0.2) is 36.2 Å². The molecule has 6 nitrogen and oxygen atoms in total. The molecule has 4 rings (SSSR count). The molecule has 2 saturated carbocycles. The van der Waals surface area contributed by atoms with Crippen LogP contribution in [0.2, 0.25) is 0 Å². The van der Waals surface area contributed by atoms with Gasteiger partial charge in [0.05, 0.1) is 5.92 Å². The number of hydrogen-bond donors (Lipinski definition) is 0. The molecule has 23 heavy (non-hydrogen) atoms. The van der Waals surface area contributed by atoms with E-state index in [1.807, 2.05) is 0 Å². The topological polar surface area (TPSA) is 78.9 Å². The lowest BCUT2D eigenvalue weighted by molar-refractivity contribution is -0.183. The minimum atomic E-state index is -1.01. The minimum Gasteiger partial charge on any atom is -0.458 e. The molecule has 4 aliphatic rings. The van der Waals surface area contributed by atoms with Crippen molar-refractivity contribution in [2.45, 2.75) is 57.8 Å². The van der Waals surface area contributed by atoms with E-state index in [-0.39, 0.29) is 29.5 Å². The molecule has 0 amide bonds. The summed E-state index contributed by atoms with van der Waals surface area (Å²) < 4.78 is 16.1. The van der Waals surface area contributed by atoms with Gasteiger partial charge in [-0.3, -0.25) is 4.79 Å². The van der Waals surface area contributed by atoms with Crippen LogP contribution in [0.3, 0.4) is 0 Å². The molecule has 2 heterocycles. The highest BCUT2D eigenvalue weighted by molar-refractivity contribution is 5.89. The molecule has 0 aromatic heterocycles. The third-order valence-electron chi connectivity index (χ3n) is 5.06. The summed E-state index contributed by atoms with van der Waals surface area (Å²) in [5.41, 5.74) is 0.227. The van der Waals surface area contributed by atoms with Gasteiger partial charge in [0.15, 0.2) is 6.10 Å². The Balaban J connectivity index is 1.65. The van der Waals surface area contributed by atoms with Crippen LogP contribution < -0.4 is 0 Å². The van der Waals surface area contributed by atoms with E-state index in [1.54, 1.807) is 0 Å². The van der Waals surface area contributed by atoms with Gasteiger partial charge in [0.1, 0.15) is 12.2 Å². The summed E-state index contributed by atoms with van der Waals surface area (Å²) in [6, 6.07) is 0. The van der Waals surface area contributed by atoms with Gasteiger partial charge in [0.25, 0.3) is 0 Å². The van der Waals surface area contributed by atoms with Gasteiger partial charge in [-0.05, 0) is 45.4 Å². The van der Waals surface area contributed by atoms with Crippen molar-refractivity contribution in [3.05, 3.63) is 12.2 Å². The van der Waals surface area contributed by atoms with Crippen LogP contribution in [0.5, 0.6) is 0 Å². The molecule has 0 aromatic rings. The van der Waals surface area contributed by atoms with Crippen LogP contribution in [0.25, 0.3) is 0 Å². The van der Waals surface area contributed by atoms with Crippen LogP contribution in [0.15, 0.2) is 12.2 Å². The van der Waals surface area contributed by atoms with Gasteiger partial charge in [-0.15, -0.1) is 0 Å². The molecule has 2 aliphatic carbocycles. The fourth-order valence-corrected chi connectivity index (χ4v) is 3.98. The van der Waals surface area contributed by atoms with Gasteiger partial charge in [-0.25, -0.2) is 9.59 Å². The smallest absolute Gasteiger partial charge is 0.347 e. The van der Waals surface area contributed by atoms with E-state index < -0.39 is 24.1 Å². The summed E-state index contributed by atoms with van der Waals surface area (Å²) in [7, 11) is 0. The molecule has 0 radical (unpaired) electrons. The number of fused-ring (bicyclic) bond motifs is 1. The van der Waals surface area contributed by atoms with Crippen molar-refractivity contribution in [2.75, 3.05) is 0 Å². The van der Waals surface area contributed by atoms with Gasteiger partial charge in [0.2, 0.25) is 0 Å². The number of hydrogen-bond acceptors (Lipinski definition) is 6. The largest absolute Gasteiger partial charge is 0.458 e. The van der Waals surface area contributed by atoms with Crippen LogP contribution >= 0.6 is 0 Å². The molecule has 6 atom stereocenters. The summed E-state index contributed by atoms with van der Waals surface area (Å²) in [5, 5.41) is 0. The van der Waals surface area contributed by atoms with Crippen molar-refractivity contribution in [3.63, 3.8) is 0 Å². The number of ether oxygens (including phenoxy) is 3. The van der Waals surface area contributed by atoms with Gasteiger partial charge < -0.3 is 14.2 Å². The molecule has 6 heteroatoms. The molecular formula is C17H22O6. The fraction of sp³-hybridized carbons (Fsp3) is 0.706. The Hall–Kier alpha value is -1.85. The first-order chi connectivity index (χ1) is 10.8. The molecular weight excluding hydrogens is 300 g/mol. The Morgan fingerprint density at radius 2 is 2.00 bits per heavy atom. The van der Waals surface area contributed by atoms with Crippen LogP contribution in [0, 0.1) is 17.8 Å². The normalized spacial score (nSPS) is 35.9. The van der Waals surface area contributed by atoms with Crippen LogP contribution in [-0.2, 0) is 28.6 Å². The lowest BCUT2D eigenvalue weighted by atomic mass is 9.67. The molecule has 4 bridgehead atoms. The Morgan fingerprint density at radius 1 is 1.26 bits per heavy atom. The lowest BCUT2D eigenvalue weighted by Crippen LogP contribution is -2.46. The molecule has 0 N–H and O–H groups in total. The molecule has 0 spiro atoms. The second kappa shape index (κ2) is 5.98. The number of carbonyl (C=O) groups is 3. The summed E-state index contributed by atoms with van der Waals surface area (Å²) in [6.07, 6.45) is 1.50. The van der Waals surface area contributed by atoms with Crippen molar-refractivity contribution in [2.24, 2.45) is 17.8 Å². The fourth-order valence-electron chi connectivity index (χ4n) is 3.98. The first-order valence-corrected chi connectivity index (χ1v) is 8.12. The first-order valence-electron chi connectivity index (χ1n) is 8.12. The minimum absolute atomic E-state index is 0.0638. The highest BCUT2D eigenvalue weighted by Gasteiger charge is 2.51. The van der Waals surface area contributed by atoms with Gasteiger partial charge in [-0.2, -0.15) is 0 Å². The summed E-state index contributed by atoms with van der Waals surface area (Å²) in [5.74, 6) is -0.828. The van der Waals surface area contributed by atoms with Crippen molar-refractivity contribution in [3.8, 4) is 0 Å². The Kier molecular flexibility index (Phi) is 4.17. The van der Waals surface area contributed by atoms with Gasteiger partial charge >= 0.3 is 17.9 Å². The second-order valence-electron chi connectivity index (χ2n) is 6.97. The maximum atomic E-state index is 12.2. The predicted molar refractivity (Wildman–Crippen MR) is 79.1 cm³/mol.